The summed E-state index contributed by atoms with van der Waals surface area (Å²) >= 11 is 0. The van der Waals surface area contributed by atoms with Gasteiger partial charge in [-0.15, -0.1) is 0 Å². The third kappa shape index (κ3) is 3.50. The highest BCUT2D eigenvalue weighted by Gasteiger charge is 2.21. The molecular formula is C22H15F2NO3. The van der Waals surface area contributed by atoms with Gasteiger partial charge in [0.25, 0.3) is 0 Å². The molecule has 4 aromatic rings. The topological polar surface area (TPSA) is 55.5 Å². The van der Waals surface area contributed by atoms with Crippen LogP contribution in [0.5, 0.6) is 11.5 Å². The van der Waals surface area contributed by atoms with E-state index in [0.717, 1.165) is 12.1 Å². The summed E-state index contributed by atoms with van der Waals surface area (Å²) < 4.78 is 38.4. The van der Waals surface area contributed by atoms with Crippen molar-refractivity contribution in [2.24, 2.45) is 0 Å². The molecule has 0 aliphatic heterocycles. The summed E-state index contributed by atoms with van der Waals surface area (Å²) in [6, 6.07) is 19.5. The molecule has 0 bridgehead atoms. The van der Waals surface area contributed by atoms with Gasteiger partial charge in [0, 0.05) is 11.6 Å². The van der Waals surface area contributed by atoms with Crippen molar-refractivity contribution in [2.75, 3.05) is 0 Å². The van der Waals surface area contributed by atoms with Gasteiger partial charge in [0.05, 0.1) is 17.7 Å². The van der Waals surface area contributed by atoms with Gasteiger partial charge in [0.1, 0.15) is 28.8 Å². The fourth-order valence-corrected chi connectivity index (χ4v) is 2.90. The van der Waals surface area contributed by atoms with E-state index in [2.05, 4.69) is 5.16 Å². The fraction of sp³-hybridized carbons (Fsp3) is 0.0455. The molecule has 0 aliphatic carbocycles. The van der Waals surface area contributed by atoms with Crippen molar-refractivity contribution in [2.45, 2.75) is 6.61 Å². The number of hydrogen-bond acceptors (Lipinski definition) is 4. The lowest BCUT2D eigenvalue weighted by molar-refractivity contribution is 0.281. The lowest BCUT2D eigenvalue weighted by Gasteiger charge is -2.07. The van der Waals surface area contributed by atoms with Crippen LogP contribution in [0.2, 0.25) is 0 Å². The van der Waals surface area contributed by atoms with Gasteiger partial charge >= 0.3 is 0 Å². The first kappa shape index (κ1) is 17.9. The summed E-state index contributed by atoms with van der Waals surface area (Å²) in [5.74, 6) is -0.179. The quantitative estimate of drug-likeness (QED) is 0.492. The van der Waals surface area contributed by atoms with E-state index >= 15 is 0 Å². The fourth-order valence-electron chi connectivity index (χ4n) is 2.90. The van der Waals surface area contributed by atoms with Crippen molar-refractivity contribution in [3.8, 4) is 34.1 Å². The molecule has 1 aromatic heterocycles. The van der Waals surface area contributed by atoms with Crippen LogP contribution in [0.1, 0.15) is 5.56 Å². The van der Waals surface area contributed by atoms with Crippen LogP contribution in [-0.4, -0.2) is 10.3 Å². The summed E-state index contributed by atoms with van der Waals surface area (Å²) in [5, 5.41) is 13.8. The molecule has 0 aliphatic rings. The van der Waals surface area contributed by atoms with Crippen LogP contribution in [0.15, 0.2) is 77.3 Å². The molecule has 0 unspecified atom stereocenters. The monoisotopic (exact) mass is 379 g/mol. The molecule has 0 amide bonds. The molecule has 1 heterocycles. The van der Waals surface area contributed by atoms with Gasteiger partial charge < -0.3 is 14.4 Å². The van der Waals surface area contributed by atoms with E-state index in [4.69, 9.17) is 9.26 Å². The summed E-state index contributed by atoms with van der Waals surface area (Å²) in [6.45, 7) is -0.422. The maximum absolute atomic E-state index is 14.1. The molecule has 0 radical (unpaired) electrons. The predicted octanol–water partition coefficient (Wildman–Crippen LogP) is 5.57. The standard InChI is InChI=1S/C22H15F2NO3/c23-15-9-10-18(20(24)12-15)22-19(13-26)21(25-28-22)14-5-4-8-17(11-14)27-16-6-2-1-3-7-16/h1-12,26H,13H2. The highest BCUT2D eigenvalue weighted by Crippen LogP contribution is 2.35. The molecule has 0 saturated carbocycles. The summed E-state index contributed by atoms with van der Waals surface area (Å²) in [5.41, 5.74) is 1.33. The highest BCUT2D eigenvalue weighted by molar-refractivity contribution is 5.73. The molecule has 28 heavy (non-hydrogen) atoms. The van der Waals surface area contributed by atoms with Gasteiger partial charge in [-0.25, -0.2) is 8.78 Å². The molecule has 0 spiro atoms. The summed E-state index contributed by atoms with van der Waals surface area (Å²) in [4.78, 5) is 0. The molecule has 0 fully saturated rings. The van der Waals surface area contributed by atoms with Crippen LogP contribution in [-0.2, 0) is 6.61 Å². The van der Waals surface area contributed by atoms with Crippen molar-refractivity contribution in [1.82, 2.24) is 5.16 Å². The molecular weight excluding hydrogens is 364 g/mol. The SMILES string of the molecule is OCc1c(-c2cccc(Oc3ccccc3)c2)noc1-c1ccc(F)cc1F. The lowest BCUT2D eigenvalue weighted by Crippen LogP contribution is -1.92. The number of halogens is 2. The number of rotatable bonds is 5. The first-order valence-corrected chi connectivity index (χ1v) is 8.54. The minimum absolute atomic E-state index is 0.0286. The minimum atomic E-state index is -0.793. The van der Waals surface area contributed by atoms with E-state index in [9.17, 15) is 13.9 Å². The Balaban J connectivity index is 1.72. The zero-order valence-electron chi connectivity index (χ0n) is 14.6. The first-order chi connectivity index (χ1) is 13.7. The van der Waals surface area contributed by atoms with Gasteiger partial charge in [-0.3, -0.25) is 0 Å². The Morgan fingerprint density at radius 2 is 1.68 bits per heavy atom. The van der Waals surface area contributed by atoms with Gasteiger partial charge in [-0.1, -0.05) is 35.5 Å². The third-order valence-electron chi connectivity index (χ3n) is 4.21. The van der Waals surface area contributed by atoms with Gasteiger partial charge in [0.2, 0.25) is 0 Å². The van der Waals surface area contributed by atoms with Crippen molar-refractivity contribution >= 4 is 0 Å². The van der Waals surface area contributed by atoms with Crippen LogP contribution in [0.25, 0.3) is 22.6 Å². The largest absolute Gasteiger partial charge is 0.457 e. The van der Waals surface area contributed by atoms with Crippen molar-refractivity contribution in [3.05, 3.63) is 90.0 Å². The first-order valence-electron chi connectivity index (χ1n) is 8.54. The second-order valence-corrected chi connectivity index (χ2v) is 6.06. The number of aliphatic hydroxyl groups excluding tert-OH is 1. The zero-order chi connectivity index (χ0) is 19.5. The maximum Gasteiger partial charge on any atom is 0.175 e. The lowest BCUT2D eigenvalue weighted by atomic mass is 10.0. The molecule has 4 rings (SSSR count). The van der Waals surface area contributed by atoms with Crippen LogP contribution < -0.4 is 4.74 Å². The van der Waals surface area contributed by atoms with Crippen LogP contribution in [0.4, 0.5) is 8.78 Å². The highest BCUT2D eigenvalue weighted by atomic mass is 19.1. The van der Waals surface area contributed by atoms with E-state index in [1.807, 2.05) is 30.3 Å². The van der Waals surface area contributed by atoms with Crippen molar-refractivity contribution < 1.29 is 23.1 Å². The Morgan fingerprint density at radius 3 is 2.43 bits per heavy atom. The van der Waals surface area contributed by atoms with Crippen molar-refractivity contribution in [1.29, 1.82) is 0 Å². The average molecular weight is 379 g/mol. The normalized spacial score (nSPS) is 10.8. The number of hydrogen-bond donors (Lipinski definition) is 1. The molecule has 6 heteroatoms. The molecule has 3 aromatic carbocycles. The number of benzene rings is 3. The molecule has 0 atom stereocenters. The Morgan fingerprint density at radius 1 is 0.893 bits per heavy atom. The minimum Gasteiger partial charge on any atom is -0.457 e. The van der Waals surface area contributed by atoms with E-state index in [-0.39, 0.29) is 11.3 Å². The maximum atomic E-state index is 14.1. The molecule has 140 valence electrons. The smallest absolute Gasteiger partial charge is 0.175 e. The molecule has 0 saturated heterocycles. The van der Waals surface area contributed by atoms with Gasteiger partial charge in [-0.2, -0.15) is 0 Å². The van der Waals surface area contributed by atoms with E-state index < -0.39 is 18.2 Å². The zero-order valence-corrected chi connectivity index (χ0v) is 14.6. The van der Waals surface area contributed by atoms with Gasteiger partial charge in [-0.05, 0) is 36.4 Å². The Hall–Kier alpha value is -3.51. The third-order valence-corrected chi connectivity index (χ3v) is 4.21. The Kier molecular flexibility index (Phi) is 4.87. The van der Waals surface area contributed by atoms with Crippen molar-refractivity contribution in [3.63, 3.8) is 0 Å². The van der Waals surface area contributed by atoms with E-state index in [1.165, 1.54) is 6.07 Å². The number of aliphatic hydroxyl groups is 1. The van der Waals surface area contributed by atoms with E-state index in [1.54, 1.807) is 24.3 Å². The number of para-hydroxylation sites is 1. The second-order valence-electron chi connectivity index (χ2n) is 6.06. The Labute approximate surface area is 159 Å². The molecule has 1 N–H and O–H groups in total. The van der Waals surface area contributed by atoms with Crippen LogP contribution in [0.3, 0.4) is 0 Å². The number of aromatic nitrogens is 1. The number of nitrogens with zero attached hydrogens (tertiary/aromatic N) is 1. The summed E-state index contributed by atoms with van der Waals surface area (Å²) in [7, 11) is 0. The summed E-state index contributed by atoms with van der Waals surface area (Å²) in [6.07, 6.45) is 0. The predicted molar refractivity (Wildman–Crippen MR) is 99.7 cm³/mol. The number of ether oxygens (including phenoxy) is 1. The second kappa shape index (κ2) is 7.62. The average Bonchev–Trinajstić information content (AvgIpc) is 3.13. The van der Waals surface area contributed by atoms with Crippen LogP contribution in [0, 0.1) is 11.6 Å². The molecule has 4 nitrogen and oxygen atoms in total. The van der Waals surface area contributed by atoms with E-state index in [0.29, 0.717) is 28.3 Å². The van der Waals surface area contributed by atoms with Crippen LogP contribution >= 0.6 is 0 Å². The van der Waals surface area contributed by atoms with Gasteiger partial charge in [0.15, 0.2) is 5.76 Å². The Bertz CT molecular complexity index is 1110.